The van der Waals surface area contributed by atoms with E-state index in [1.165, 1.54) is 15.4 Å². The standard InChI is InChI=1S/C22H29N7O4/c1-14-15(12-23-29(14)19-24-17(30)16-8-7-9-28(16)25-19)18(31)27-11-10-26(13-22(27,5)6)20(32)33-21(2,3)4/h7-9,12H,10-11,13H2,1-6H3,(H,24,25,30). The summed E-state index contributed by atoms with van der Waals surface area (Å²) < 4.78 is 8.40. The number of carbonyl (C=O) groups excluding carboxylic acids is 2. The first-order valence-electron chi connectivity index (χ1n) is 10.8. The number of hydrogen-bond donors (Lipinski definition) is 1. The van der Waals surface area contributed by atoms with Crippen molar-refractivity contribution < 1.29 is 14.3 Å². The Hall–Kier alpha value is -3.63. The molecule has 0 saturated carbocycles. The van der Waals surface area contributed by atoms with Crippen molar-refractivity contribution in [1.82, 2.24) is 34.2 Å². The molecule has 176 valence electrons. The van der Waals surface area contributed by atoms with Crippen molar-refractivity contribution in [3.05, 3.63) is 46.1 Å². The van der Waals surface area contributed by atoms with Gasteiger partial charge in [-0.15, -0.1) is 5.10 Å². The zero-order chi connectivity index (χ0) is 24.1. The van der Waals surface area contributed by atoms with Gasteiger partial charge in [-0.05, 0) is 53.7 Å². The number of nitrogens with one attached hydrogen (secondary N) is 1. The van der Waals surface area contributed by atoms with Crippen LogP contribution in [0.15, 0.2) is 29.3 Å². The lowest BCUT2D eigenvalue weighted by molar-refractivity contribution is -0.0109. The largest absolute Gasteiger partial charge is 0.444 e. The molecule has 0 spiro atoms. The average Bonchev–Trinajstić information content (AvgIpc) is 3.32. The smallest absolute Gasteiger partial charge is 0.410 e. The number of rotatable bonds is 2. The molecule has 0 atom stereocenters. The van der Waals surface area contributed by atoms with Crippen LogP contribution in [0, 0.1) is 6.92 Å². The summed E-state index contributed by atoms with van der Waals surface area (Å²) in [5, 5.41) is 8.68. The normalized spacial score (nSPS) is 16.3. The molecule has 0 aliphatic carbocycles. The summed E-state index contributed by atoms with van der Waals surface area (Å²) in [4.78, 5) is 44.4. The monoisotopic (exact) mass is 455 g/mol. The van der Waals surface area contributed by atoms with Crippen LogP contribution in [0.5, 0.6) is 0 Å². The van der Waals surface area contributed by atoms with Gasteiger partial charge in [0.25, 0.3) is 11.5 Å². The van der Waals surface area contributed by atoms with Gasteiger partial charge in [0.2, 0.25) is 5.95 Å². The third-order valence-electron chi connectivity index (χ3n) is 5.63. The Labute approximate surface area is 190 Å². The van der Waals surface area contributed by atoms with Crippen LogP contribution in [0.2, 0.25) is 0 Å². The highest BCUT2D eigenvalue weighted by Crippen LogP contribution is 2.26. The van der Waals surface area contributed by atoms with Gasteiger partial charge in [-0.2, -0.15) is 5.10 Å². The molecule has 0 unspecified atom stereocenters. The first-order valence-corrected chi connectivity index (χ1v) is 10.8. The van der Waals surface area contributed by atoms with Crippen LogP contribution < -0.4 is 5.56 Å². The predicted octanol–water partition coefficient (Wildman–Crippen LogP) is 1.99. The number of fused-ring (bicyclic) bond motifs is 1. The van der Waals surface area contributed by atoms with Gasteiger partial charge in [-0.3, -0.25) is 14.6 Å². The minimum atomic E-state index is -0.614. The number of H-pyrrole nitrogens is 1. The third kappa shape index (κ3) is 4.22. The molecule has 11 nitrogen and oxygen atoms in total. The SMILES string of the molecule is Cc1c(C(=O)N2CCN(C(=O)OC(C)(C)C)CC2(C)C)cnn1-c1nn2cccc2c(=O)[nH]1. The number of aromatic nitrogens is 5. The topological polar surface area (TPSA) is 118 Å². The van der Waals surface area contributed by atoms with Gasteiger partial charge < -0.3 is 14.5 Å². The minimum Gasteiger partial charge on any atom is -0.444 e. The van der Waals surface area contributed by atoms with Gasteiger partial charge in [-0.1, -0.05) is 0 Å². The van der Waals surface area contributed by atoms with Gasteiger partial charge >= 0.3 is 6.09 Å². The second-order valence-electron chi connectivity index (χ2n) is 9.84. The second-order valence-corrected chi connectivity index (χ2v) is 9.84. The molecule has 0 radical (unpaired) electrons. The van der Waals surface area contributed by atoms with Crippen molar-refractivity contribution in [2.24, 2.45) is 0 Å². The van der Waals surface area contributed by atoms with E-state index in [0.29, 0.717) is 36.4 Å². The van der Waals surface area contributed by atoms with Crippen molar-refractivity contribution in [2.75, 3.05) is 19.6 Å². The van der Waals surface area contributed by atoms with Crippen molar-refractivity contribution in [1.29, 1.82) is 0 Å². The van der Waals surface area contributed by atoms with E-state index in [9.17, 15) is 14.4 Å². The molecular weight excluding hydrogens is 426 g/mol. The first-order chi connectivity index (χ1) is 15.4. The Morgan fingerprint density at radius 3 is 2.61 bits per heavy atom. The number of aromatic amines is 1. The molecule has 11 heteroatoms. The molecule has 3 aromatic rings. The van der Waals surface area contributed by atoms with Crippen LogP contribution in [-0.4, -0.2) is 77.0 Å². The molecule has 4 heterocycles. The van der Waals surface area contributed by atoms with Crippen LogP contribution in [0.1, 0.15) is 50.7 Å². The molecule has 0 aromatic carbocycles. The lowest BCUT2D eigenvalue weighted by atomic mass is 9.97. The summed E-state index contributed by atoms with van der Waals surface area (Å²) >= 11 is 0. The van der Waals surface area contributed by atoms with Crippen LogP contribution in [0.25, 0.3) is 11.5 Å². The van der Waals surface area contributed by atoms with Gasteiger partial charge in [0, 0.05) is 25.8 Å². The molecule has 0 bridgehead atoms. The van der Waals surface area contributed by atoms with E-state index in [2.05, 4.69) is 15.2 Å². The number of nitrogens with zero attached hydrogens (tertiary/aromatic N) is 6. The fourth-order valence-corrected chi connectivity index (χ4v) is 4.02. The quantitative estimate of drug-likeness (QED) is 0.631. The van der Waals surface area contributed by atoms with Crippen LogP contribution in [0.3, 0.4) is 0 Å². The lowest BCUT2D eigenvalue weighted by Crippen LogP contribution is -2.62. The highest BCUT2D eigenvalue weighted by molar-refractivity contribution is 5.96. The number of piperazine rings is 1. The Morgan fingerprint density at radius 2 is 1.94 bits per heavy atom. The predicted molar refractivity (Wildman–Crippen MR) is 121 cm³/mol. The third-order valence-corrected chi connectivity index (χ3v) is 5.63. The Morgan fingerprint density at radius 1 is 1.21 bits per heavy atom. The zero-order valence-electron chi connectivity index (χ0n) is 19.7. The molecule has 3 aromatic heterocycles. The van der Waals surface area contributed by atoms with E-state index in [4.69, 9.17) is 4.74 Å². The minimum absolute atomic E-state index is 0.197. The Kier molecular flexibility index (Phi) is 5.30. The van der Waals surface area contributed by atoms with E-state index in [0.717, 1.165) is 0 Å². The summed E-state index contributed by atoms with van der Waals surface area (Å²) in [5.74, 6) is 0.0197. The maximum Gasteiger partial charge on any atom is 0.410 e. The van der Waals surface area contributed by atoms with Gasteiger partial charge in [0.1, 0.15) is 11.1 Å². The molecule has 1 N–H and O–H groups in total. The van der Waals surface area contributed by atoms with Crippen molar-refractivity contribution in [3.8, 4) is 5.95 Å². The summed E-state index contributed by atoms with van der Waals surface area (Å²) in [7, 11) is 0. The molecule has 1 saturated heterocycles. The summed E-state index contributed by atoms with van der Waals surface area (Å²) in [6.45, 7) is 12.1. The van der Waals surface area contributed by atoms with E-state index in [1.807, 2.05) is 34.6 Å². The second kappa shape index (κ2) is 7.75. The van der Waals surface area contributed by atoms with E-state index < -0.39 is 11.1 Å². The lowest BCUT2D eigenvalue weighted by Gasteiger charge is -2.47. The van der Waals surface area contributed by atoms with Crippen LogP contribution in [0.4, 0.5) is 4.79 Å². The molecule has 1 fully saturated rings. The first kappa shape index (κ1) is 22.6. The fourth-order valence-electron chi connectivity index (χ4n) is 4.02. The number of amides is 2. The molecule has 33 heavy (non-hydrogen) atoms. The maximum absolute atomic E-state index is 13.5. The molecule has 4 rings (SSSR count). The fraction of sp³-hybridized carbons (Fsp3) is 0.500. The number of carbonyl (C=O) groups is 2. The van der Waals surface area contributed by atoms with E-state index in [-0.39, 0.29) is 23.5 Å². The highest BCUT2D eigenvalue weighted by Gasteiger charge is 2.40. The maximum atomic E-state index is 13.5. The van der Waals surface area contributed by atoms with Crippen LogP contribution in [-0.2, 0) is 4.74 Å². The molecule has 2 amide bonds. The molecule has 1 aliphatic heterocycles. The summed E-state index contributed by atoms with van der Waals surface area (Å²) in [5.41, 5.74) is -0.114. The van der Waals surface area contributed by atoms with Gasteiger partial charge in [-0.25, -0.2) is 14.0 Å². The molecule has 1 aliphatic rings. The van der Waals surface area contributed by atoms with Gasteiger partial charge in [0.15, 0.2) is 0 Å². The van der Waals surface area contributed by atoms with Crippen molar-refractivity contribution in [3.63, 3.8) is 0 Å². The number of ether oxygens (including phenoxy) is 1. The number of hydrogen-bond acceptors (Lipinski definition) is 6. The van der Waals surface area contributed by atoms with Crippen molar-refractivity contribution >= 4 is 17.5 Å². The zero-order valence-corrected chi connectivity index (χ0v) is 19.7. The highest BCUT2D eigenvalue weighted by atomic mass is 16.6. The summed E-state index contributed by atoms with van der Waals surface area (Å²) in [6, 6.07) is 3.39. The Balaban J connectivity index is 1.57. The Bertz CT molecular complexity index is 1280. The van der Waals surface area contributed by atoms with Crippen LogP contribution >= 0.6 is 0 Å². The van der Waals surface area contributed by atoms with Gasteiger partial charge in [0.05, 0.1) is 23.0 Å². The average molecular weight is 456 g/mol. The summed E-state index contributed by atoms with van der Waals surface area (Å²) in [6.07, 6.45) is 2.77. The van der Waals surface area contributed by atoms with E-state index >= 15 is 0 Å². The van der Waals surface area contributed by atoms with Crippen molar-refractivity contribution in [2.45, 2.75) is 52.7 Å². The molecular formula is C22H29N7O4. The van der Waals surface area contributed by atoms with E-state index in [1.54, 1.807) is 35.1 Å².